The molecule has 0 radical (unpaired) electrons. The molecule has 0 spiro atoms. The highest BCUT2D eigenvalue weighted by molar-refractivity contribution is 6.45. The fourth-order valence-electron chi connectivity index (χ4n) is 2.60. The number of aromatic nitrogens is 2. The smallest absolute Gasteiger partial charge is 0.201 e. The van der Waals surface area contributed by atoms with Gasteiger partial charge in [-0.3, -0.25) is 10.8 Å². The second-order valence-corrected chi connectivity index (χ2v) is 5.24. The molecule has 4 N–H and O–H groups in total. The molecule has 23 heavy (non-hydrogen) atoms. The van der Waals surface area contributed by atoms with E-state index >= 15 is 0 Å². The van der Waals surface area contributed by atoms with Crippen molar-refractivity contribution in [3.8, 4) is 6.07 Å². The minimum Gasteiger partial charge on any atom is -0.382 e. The van der Waals surface area contributed by atoms with Crippen LogP contribution in [0.5, 0.6) is 0 Å². The fourth-order valence-corrected chi connectivity index (χ4v) is 2.60. The lowest BCUT2D eigenvalue weighted by molar-refractivity contribution is 0.315. The van der Waals surface area contributed by atoms with E-state index in [2.05, 4.69) is 25.7 Å². The van der Waals surface area contributed by atoms with Crippen LogP contribution in [0.1, 0.15) is 19.3 Å². The molecule has 1 aromatic heterocycles. The van der Waals surface area contributed by atoms with Crippen LogP contribution in [-0.4, -0.2) is 35.0 Å². The van der Waals surface area contributed by atoms with Gasteiger partial charge in [0.25, 0.3) is 0 Å². The van der Waals surface area contributed by atoms with Crippen molar-refractivity contribution < 1.29 is 4.63 Å². The maximum atomic E-state index is 8.87. The summed E-state index contributed by atoms with van der Waals surface area (Å²) in [7, 11) is 0. The maximum Gasteiger partial charge on any atom is 0.201 e. The molecule has 118 valence electrons. The van der Waals surface area contributed by atoms with Crippen LogP contribution >= 0.6 is 0 Å². The average molecular weight is 312 g/mol. The largest absolute Gasteiger partial charge is 0.382 e. The third-order valence-corrected chi connectivity index (χ3v) is 3.74. The first kappa shape index (κ1) is 14.8. The zero-order valence-corrected chi connectivity index (χ0v) is 12.4. The Hall–Kier alpha value is -3.15. The van der Waals surface area contributed by atoms with Crippen molar-refractivity contribution in [1.82, 2.24) is 10.3 Å². The summed E-state index contributed by atoms with van der Waals surface area (Å²) < 4.78 is 4.87. The number of nitrogens with one attached hydrogen (secondary N) is 2. The van der Waals surface area contributed by atoms with Gasteiger partial charge in [-0.2, -0.15) is 10.4 Å². The van der Waals surface area contributed by atoms with Crippen LogP contribution in [-0.2, 0) is 0 Å². The second-order valence-electron chi connectivity index (χ2n) is 5.24. The van der Waals surface area contributed by atoms with E-state index in [1.165, 1.54) is 6.42 Å². The quantitative estimate of drug-likeness (QED) is 0.440. The molecule has 0 unspecified atom stereocenters. The van der Waals surface area contributed by atoms with Gasteiger partial charge in [0.2, 0.25) is 5.71 Å². The van der Waals surface area contributed by atoms with Crippen LogP contribution < -0.4 is 16.1 Å². The van der Waals surface area contributed by atoms with Gasteiger partial charge in [0.15, 0.2) is 16.9 Å². The van der Waals surface area contributed by atoms with Gasteiger partial charge in [-0.25, -0.2) is 4.63 Å². The highest BCUT2D eigenvalue weighted by Crippen LogP contribution is 2.31. The molecule has 1 saturated heterocycles. The van der Waals surface area contributed by atoms with E-state index in [-0.39, 0.29) is 5.71 Å². The molecule has 0 amide bonds. The first-order chi connectivity index (χ1) is 11.2. The van der Waals surface area contributed by atoms with Gasteiger partial charge in [0, 0.05) is 13.1 Å². The van der Waals surface area contributed by atoms with Crippen molar-refractivity contribution in [1.29, 1.82) is 10.7 Å². The predicted octanol–water partition coefficient (Wildman–Crippen LogP) is 1.44. The van der Waals surface area contributed by atoms with Crippen molar-refractivity contribution in [3.05, 3.63) is 12.1 Å². The Morgan fingerprint density at radius 3 is 2.74 bits per heavy atom. The molecule has 0 aliphatic carbocycles. The van der Waals surface area contributed by atoms with E-state index in [4.69, 9.17) is 21.0 Å². The summed E-state index contributed by atoms with van der Waals surface area (Å²) in [4.78, 5) is 2.26. The van der Waals surface area contributed by atoms with Crippen LogP contribution in [0.2, 0.25) is 0 Å². The average Bonchev–Trinajstić information content (AvgIpc) is 3.06. The number of piperidine rings is 1. The number of benzene rings is 1. The number of amidine groups is 1. The molecular formula is C14H16N8O. The van der Waals surface area contributed by atoms with Crippen molar-refractivity contribution in [2.45, 2.75) is 19.3 Å². The molecule has 9 nitrogen and oxygen atoms in total. The molecule has 0 bridgehead atoms. The molecule has 9 heteroatoms. The van der Waals surface area contributed by atoms with E-state index in [9.17, 15) is 0 Å². The minimum atomic E-state index is -0.403. The molecule has 0 saturated carbocycles. The highest BCUT2D eigenvalue weighted by Gasteiger charge is 2.18. The second kappa shape index (κ2) is 6.31. The molecule has 0 atom stereocenters. The number of hydrogen-bond donors (Lipinski definition) is 3. The molecule has 2 aromatic rings. The third-order valence-electron chi connectivity index (χ3n) is 3.74. The number of nitrogens with zero attached hydrogens (tertiary/aromatic N) is 5. The Morgan fingerprint density at radius 2 is 2.04 bits per heavy atom. The summed E-state index contributed by atoms with van der Waals surface area (Å²) in [6, 6.07) is 5.47. The number of anilines is 2. The van der Waals surface area contributed by atoms with E-state index in [1.807, 2.05) is 6.07 Å². The van der Waals surface area contributed by atoms with Gasteiger partial charge in [-0.15, -0.1) is 0 Å². The number of rotatable bonds is 4. The zero-order valence-electron chi connectivity index (χ0n) is 12.4. The lowest BCUT2D eigenvalue weighted by Crippen LogP contribution is -2.29. The van der Waals surface area contributed by atoms with Crippen LogP contribution in [0.15, 0.2) is 21.9 Å². The third kappa shape index (κ3) is 2.91. The van der Waals surface area contributed by atoms with Gasteiger partial charge in [-0.05, 0) is 41.7 Å². The van der Waals surface area contributed by atoms with E-state index in [0.717, 1.165) is 31.6 Å². The van der Waals surface area contributed by atoms with Gasteiger partial charge >= 0.3 is 0 Å². The number of nitrogens with two attached hydrogens (primary N) is 1. The first-order valence-corrected chi connectivity index (χ1v) is 7.29. The predicted molar refractivity (Wildman–Crippen MR) is 86.5 cm³/mol. The fraction of sp³-hybridized carbons (Fsp3) is 0.357. The summed E-state index contributed by atoms with van der Waals surface area (Å²) in [5.74, 6) is -0.403. The Morgan fingerprint density at radius 1 is 1.30 bits per heavy atom. The molecular weight excluding hydrogens is 296 g/mol. The molecule has 2 heterocycles. The minimum absolute atomic E-state index is 0.199. The van der Waals surface area contributed by atoms with Gasteiger partial charge in [0.05, 0.1) is 11.4 Å². The Labute approximate surface area is 132 Å². The molecule has 1 aliphatic rings. The summed E-state index contributed by atoms with van der Waals surface area (Å²) >= 11 is 0. The Bertz CT molecular complexity index is 797. The Balaban J connectivity index is 1.93. The summed E-state index contributed by atoms with van der Waals surface area (Å²) in [6.45, 7) is 1.96. The normalized spacial score (nSPS) is 15.4. The summed E-state index contributed by atoms with van der Waals surface area (Å²) in [6.07, 6.45) is 3.55. The van der Waals surface area contributed by atoms with E-state index < -0.39 is 5.84 Å². The zero-order chi connectivity index (χ0) is 16.2. The van der Waals surface area contributed by atoms with Crippen LogP contribution in [0.4, 0.5) is 11.4 Å². The van der Waals surface area contributed by atoms with Crippen LogP contribution in [0.3, 0.4) is 0 Å². The number of fused-ring (bicyclic) bond motifs is 1. The summed E-state index contributed by atoms with van der Waals surface area (Å²) in [5, 5.41) is 27.8. The molecule has 3 rings (SSSR count). The topological polar surface area (TPSA) is 140 Å². The molecule has 1 aromatic carbocycles. The summed E-state index contributed by atoms with van der Waals surface area (Å²) in [5.41, 5.74) is 10.4. The highest BCUT2D eigenvalue weighted by atomic mass is 16.6. The molecule has 1 aliphatic heterocycles. The standard InChI is InChI=1S/C14H16N8O/c15-8-10(14(16)17)19-18-9-4-5-11(13-12(9)20-23-21-13)22-6-2-1-3-7-22/h4-5,18H,1-3,6-7H2,(H3,16,17)/b19-10+. The van der Waals surface area contributed by atoms with Crippen molar-refractivity contribution in [2.75, 3.05) is 23.4 Å². The number of hydrazone groups is 1. The lowest BCUT2D eigenvalue weighted by Gasteiger charge is -2.28. The maximum absolute atomic E-state index is 8.87. The first-order valence-electron chi connectivity index (χ1n) is 7.29. The monoisotopic (exact) mass is 312 g/mol. The van der Waals surface area contributed by atoms with E-state index in [1.54, 1.807) is 12.1 Å². The van der Waals surface area contributed by atoms with Crippen LogP contribution in [0, 0.1) is 16.7 Å². The number of nitriles is 1. The number of hydrogen-bond acceptors (Lipinski definition) is 8. The van der Waals surface area contributed by atoms with Gasteiger partial charge in [-0.1, -0.05) is 0 Å². The van der Waals surface area contributed by atoms with Gasteiger partial charge < -0.3 is 10.6 Å². The lowest BCUT2D eigenvalue weighted by atomic mass is 10.1. The van der Waals surface area contributed by atoms with Crippen molar-refractivity contribution >= 4 is 34.0 Å². The van der Waals surface area contributed by atoms with Gasteiger partial charge in [0.1, 0.15) is 6.07 Å². The van der Waals surface area contributed by atoms with Crippen molar-refractivity contribution in [2.24, 2.45) is 10.8 Å². The Kier molecular flexibility index (Phi) is 4.05. The van der Waals surface area contributed by atoms with Crippen molar-refractivity contribution in [3.63, 3.8) is 0 Å². The van der Waals surface area contributed by atoms with E-state index in [0.29, 0.717) is 16.7 Å². The SMILES string of the molecule is N#C/C(=N\Nc1ccc(N2CCCCC2)c2nonc12)C(=N)N. The molecule has 1 fully saturated rings. The van der Waals surface area contributed by atoms with Crippen LogP contribution in [0.25, 0.3) is 11.0 Å².